The van der Waals surface area contributed by atoms with Crippen molar-refractivity contribution in [1.29, 1.82) is 0 Å². The Labute approximate surface area is 247 Å². The van der Waals surface area contributed by atoms with Gasteiger partial charge >= 0.3 is 17.4 Å². The Bertz CT molecular complexity index is 405. The van der Waals surface area contributed by atoms with E-state index in [2.05, 4.69) is 63.4 Å². The molecule has 0 aliphatic carbocycles. The number of rotatable bonds is 6. The molecule has 0 bridgehead atoms. The van der Waals surface area contributed by atoms with E-state index in [1.54, 1.807) is 0 Å². The van der Waals surface area contributed by atoms with Gasteiger partial charge < -0.3 is 112 Å². The van der Waals surface area contributed by atoms with E-state index in [1.807, 2.05) is 0 Å². The summed E-state index contributed by atoms with van der Waals surface area (Å²) in [5.41, 5.74) is 0. The van der Waals surface area contributed by atoms with E-state index in [-0.39, 0.29) is 74.4 Å². The van der Waals surface area contributed by atoms with Gasteiger partial charge in [0, 0.05) is 0 Å². The Balaban J connectivity index is -0.0000000295. The maximum absolute atomic E-state index is 8.39. The second kappa shape index (κ2) is 39.3. The molecule has 228 valence electrons. The van der Waals surface area contributed by atoms with Crippen LogP contribution in [0.15, 0.2) is 0 Å². The second-order valence-electron chi connectivity index (χ2n) is 8.88. The summed E-state index contributed by atoms with van der Waals surface area (Å²) in [5, 5.41) is 69.4. The molecule has 18 nitrogen and oxygen atoms in total. The van der Waals surface area contributed by atoms with Gasteiger partial charge in [-0.2, -0.15) is 0 Å². The third-order valence-electron chi connectivity index (χ3n) is 2.31. The first-order valence-corrected chi connectivity index (χ1v) is 9.07. The molecule has 0 aliphatic rings. The van der Waals surface area contributed by atoms with Gasteiger partial charge in [0.15, 0.2) is 0 Å². The molecule has 0 unspecified atom stereocenters. The standard InChI is InChI=1S/3C5H14NO.Al.3ClH.3NO3/c3*1-6(2,3)4-5-7;;;;;3*2-1(3)4/h3*7H,4-5H2,1-3H3;;3*1H;;;/q3*+1;+3;;;;3*-1/p-3. The van der Waals surface area contributed by atoms with Crippen LogP contribution in [0, 0.1) is 46.0 Å². The number of hydrogen-bond donors (Lipinski definition) is 3. The minimum Gasteiger partial charge on any atom is -1.00 e. The van der Waals surface area contributed by atoms with Crippen molar-refractivity contribution in [3.05, 3.63) is 46.0 Å². The third-order valence-corrected chi connectivity index (χ3v) is 2.31. The molecule has 0 spiro atoms. The fourth-order valence-electron chi connectivity index (χ4n) is 0.900. The number of aliphatic hydroxyl groups excluding tert-OH is 3. The maximum atomic E-state index is 8.39. The molecule has 0 saturated heterocycles. The molecule has 0 aromatic carbocycles. The van der Waals surface area contributed by atoms with E-state index in [0.29, 0.717) is 0 Å². The summed E-state index contributed by atoms with van der Waals surface area (Å²) in [7, 11) is 18.5. The van der Waals surface area contributed by atoms with Crippen LogP contribution in [-0.2, 0) is 0 Å². The Hall–Kier alpha value is -1.24. The third kappa shape index (κ3) is 322. The summed E-state index contributed by atoms with van der Waals surface area (Å²) in [6.07, 6.45) is 0. The van der Waals surface area contributed by atoms with Gasteiger partial charge in [0.2, 0.25) is 0 Å². The van der Waals surface area contributed by atoms with Crippen LogP contribution in [0.5, 0.6) is 0 Å². The zero-order valence-corrected chi connectivity index (χ0v) is 26.1. The summed E-state index contributed by atoms with van der Waals surface area (Å²) >= 11 is 0. The Morgan fingerprint density at radius 2 is 0.541 bits per heavy atom. The van der Waals surface area contributed by atoms with E-state index in [1.165, 1.54) is 0 Å². The molecule has 37 heavy (non-hydrogen) atoms. The van der Waals surface area contributed by atoms with Crippen LogP contribution in [-0.4, -0.2) is 164 Å². The molecule has 0 radical (unpaired) electrons. The van der Waals surface area contributed by atoms with Crippen LogP contribution < -0.4 is 37.2 Å². The monoisotopic (exact) mass is 630 g/mol. The van der Waals surface area contributed by atoms with E-state index in [4.69, 9.17) is 61.3 Å². The topological polar surface area (TPSA) is 259 Å². The van der Waals surface area contributed by atoms with Gasteiger partial charge in [-0.15, -0.1) is 0 Å². The molecule has 0 aromatic rings. The van der Waals surface area contributed by atoms with Crippen molar-refractivity contribution in [3.8, 4) is 0 Å². The summed E-state index contributed by atoms with van der Waals surface area (Å²) in [6, 6.07) is 0. The van der Waals surface area contributed by atoms with Crippen LogP contribution >= 0.6 is 0 Å². The first kappa shape index (κ1) is 65.1. The van der Waals surface area contributed by atoms with Gasteiger partial charge in [0.1, 0.15) is 19.6 Å². The van der Waals surface area contributed by atoms with Crippen molar-refractivity contribution in [2.24, 2.45) is 0 Å². The fraction of sp³-hybridized carbons (Fsp3) is 1.00. The van der Waals surface area contributed by atoms with Crippen molar-refractivity contribution < 1.29 is 81.2 Å². The first-order valence-electron chi connectivity index (χ1n) is 9.07. The molecule has 3 N–H and O–H groups in total. The van der Waals surface area contributed by atoms with Gasteiger partial charge in [-0.1, -0.05) is 0 Å². The summed E-state index contributed by atoms with van der Waals surface area (Å²) < 4.78 is 2.53. The van der Waals surface area contributed by atoms with Crippen molar-refractivity contribution >= 4 is 17.4 Å². The Kier molecular flexibility index (Phi) is 69.1. The Morgan fingerprint density at radius 1 is 0.459 bits per heavy atom. The summed E-state index contributed by atoms with van der Waals surface area (Å²) in [5.74, 6) is 0. The maximum Gasteiger partial charge on any atom is 3.00 e. The molecular weight excluding hydrogens is 590 g/mol. The number of likely N-dealkylation sites (N-methyl/N-ethyl adjacent to an activating group) is 3. The molecule has 0 aliphatic heterocycles. The quantitative estimate of drug-likeness (QED) is 0.107. The second-order valence-corrected chi connectivity index (χ2v) is 8.88. The Morgan fingerprint density at radius 3 is 0.541 bits per heavy atom. The van der Waals surface area contributed by atoms with Crippen molar-refractivity contribution in [1.82, 2.24) is 0 Å². The van der Waals surface area contributed by atoms with Crippen molar-refractivity contribution in [2.45, 2.75) is 0 Å². The zero-order valence-electron chi connectivity index (χ0n) is 22.7. The van der Waals surface area contributed by atoms with Crippen LogP contribution in [0.2, 0.25) is 0 Å². The van der Waals surface area contributed by atoms with Crippen molar-refractivity contribution in [2.75, 3.05) is 103 Å². The van der Waals surface area contributed by atoms with E-state index >= 15 is 0 Å². The van der Waals surface area contributed by atoms with Crippen LogP contribution in [0.1, 0.15) is 0 Å². The molecule has 0 amide bonds. The van der Waals surface area contributed by atoms with E-state index in [0.717, 1.165) is 33.1 Å². The van der Waals surface area contributed by atoms with Crippen LogP contribution in [0.4, 0.5) is 0 Å². The largest absolute Gasteiger partial charge is 3.00 e. The predicted molar refractivity (Wildman–Crippen MR) is 127 cm³/mol. The molecule has 0 saturated carbocycles. The normalized spacial score (nSPS) is 8.76. The smallest absolute Gasteiger partial charge is 1.00 e. The average molecular weight is 632 g/mol. The van der Waals surface area contributed by atoms with Gasteiger partial charge in [-0.3, -0.25) is 0 Å². The van der Waals surface area contributed by atoms with Gasteiger partial charge in [0.25, 0.3) is 0 Å². The molecule has 0 rings (SSSR count). The van der Waals surface area contributed by atoms with E-state index < -0.39 is 15.3 Å². The first-order chi connectivity index (χ1) is 14.4. The molecular formula is C15H42AlCl3N6O12. The molecule has 0 fully saturated rings. The predicted octanol–water partition coefficient (Wildman–Crippen LogP) is -11.0. The van der Waals surface area contributed by atoms with Gasteiger partial charge in [-0.25, -0.2) is 0 Å². The molecule has 0 heterocycles. The van der Waals surface area contributed by atoms with Crippen molar-refractivity contribution in [3.63, 3.8) is 0 Å². The van der Waals surface area contributed by atoms with Crippen LogP contribution in [0.3, 0.4) is 0 Å². The average Bonchev–Trinajstić information content (AvgIpc) is 2.42. The fourth-order valence-corrected chi connectivity index (χ4v) is 0.900. The van der Waals surface area contributed by atoms with Gasteiger partial charge in [0.05, 0.1) is 98.5 Å². The van der Waals surface area contributed by atoms with E-state index in [9.17, 15) is 0 Å². The molecule has 0 aromatic heterocycles. The zero-order chi connectivity index (χ0) is 28.5. The number of hydrogen-bond acceptors (Lipinski definition) is 12. The number of aliphatic hydroxyl groups is 3. The van der Waals surface area contributed by atoms with Crippen LogP contribution in [0.25, 0.3) is 0 Å². The molecule has 22 heteroatoms. The minimum absolute atomic E-state index is 0. The summed E-state index contributed by atoms with van der Waals surface area (Å²) in [6.45, 7) is 3.34. The number of nitrogens with zero attached hydrogens (tertiary/aromatic N) is 6. The number of quaternary nitrogens is 3. The summed E-state index contributed by atoms with van der Waals surface area (Å²) in [4.78, 5) is 24.8. The SMILES string of the molecule is C[N+](C)(C)CCO.C[N+](C)(C)CCO.C[N+](C)(C)CCO.O=[N+]([O-])[O-].O=[N+]([O-])[O-].O=[N+]([O-])[O-].[Al+3].[Cl-].[Cl-].[Cl-]. The molecule has 0 atom stereocenters. The number of halogens is 3. The van der Waals surface area contributed by atoms with Gasteiger partial charge in [-0.05, 0) is 0 Å². The minimum atomic E-state index is -1.75.